The molecule has 0 spiro atoms. The zero-order chi connectivity index (χ0) is 12.4. The molecule has 2 aliphatic heterocycles. The summed E-state index contributed by atoms with van der Waals surface area (Å²) in [7, 11) is 0. The number of hydrogen-bond donors (Lipinski definition) is 1. The monoisotopic (exact) mass is 267 g/mol. The number of hydrogen-bond acceptors (Lipinski definition) is 4. The summed E-state index contributed by atoms with van der Waals surface area (Å²) in [5.41, 5.74) is 0.343. The first-order valence-electron chi connectivity index (χ1n) is 6.72. The SMILES string of the molecule is SCC1(CN2CCn3ccnc3C2)CCOCC1. The van der Waals surface area contributed by atoms with E-state index >= 15 is 0 Å². The van der Waals surface area contributed by atoms with E-state index in [1.165, 1.54) is 5.82 Å². The molecule has 1 aromatic rings. The third kappa shape index (κ3) is 2.44. The van der Waals surface area contributed by atoms with Crippen molar-refractivity contribution >= 4 is 12.6 Å². The number of ether oxygens (including phenoxy) is 1. The summed E-state index contributed by atoms with van der Waals surface area (Å²) in [6, 6.07) is 0. The Morgan fingerprint density at radius 3 is 2.94 bits per heavy atom. The average Bonchev–Trinajstić information content (AvgIpc) is 2.87. The van der Waals surface area contributed by atoms with Gasteiger partial charge in [-0.25, -0.2) is 4.98 Å². The van der Waals surface area contributed by atoms with Crippen molar-refractivity contribution in [2.24, 2.45) is 5.41 Å². The molecule has 0 saturated carbocycles. The topological polar surface area (TPSA) is 30.3 Å². The van der Waals surface area contributed by atoms with Crippen LogP contribution in [0.4, 0.5) is 0 Å². The van der Waals surface area contributed by atoms with Gasteiger partial charge in [0, 0.05) is 45.2 Å². The summed E-state index contributed by atoms with van der Waals surface area (Å²) >= 11 is 4.59. The van der Waals surface area contributed by atoms with E-state index in [0.717, 1.165) is 58.0 Å². The molecule has 3 heterocycles. The van der Waals surface area contributed by atoms with Gasteiger partial charge < -0.3 is 9.30 Å². The fourth-order valence-electron chi connectivity index (χ4n) is 3.00. The summed E-state index contributed by atoms with van der Waals surface area (Å²) < 4.78 is 7.75. The summed E-state index contributed by atoms with van der Waals surface area (Å²) in [6.45, 7) is 6.08. The molecule has 0 amide bonds. The van der Waals surface area contributed by atoms with Crippen molar-refractivity contribution in [2.75, 3.05) is 32.1 Å². The van der Waals surface area contributed by atoms with Gasteiger partial charge in [-0.3, -0.25) is 4.90 Å². The quantitative estimate of drug-likeness (QED) is 0.840. The highest BCUT2D eigenvalue weighted by Gasteiger charge is 2.34. The lowest BCUT2D eigenvalue weighted by Crippen LogP contribution is -2.45. The van der Waals surface area contributed by atoms with Crippen LogP contribution in [-0.4, -0.2) is 46.5 Å². The number of nitrogens with zero attached hydrogens (tertiary/aromatic N) is 3. The maximum Gasteiger partial charge on any atom is 0.122 e. The van der Waals surface area contributed by atoms with Crippen molar-refractivity contribution in [3.8, 4) is 0 Å². The van der Waals surface area contributed by atoms with Gasteiger partial charge in [0.15, 0.2) is 0 Å². The van der Waals surface area contributed by atoms with Crippen molar-refractivity contribution in [1.29, 1.82) is 0 Å². The Bertz CT molecular complexity index is 401. The predicted molar refractivity (Wildman–Crippen MR) is 73.8 cm³/mol. The van der Waals surface area contributed by atoms with E-state index in [1.807, 2.05) is 6.20 Å². The third-order valence-electron chi connectivity index (χ3n) is 4.27. The predicted octanol–water partition coefficient (Wildman–Crippen LogP) is 1.43. The van der Waals surface area contributed by atoms with Gasteiger partial charge >= 0.3 is 0 Å². The second-order valence-electron chi connectivity index (χ2n) is 5.52. The molecule has 0 radical (unpaired) electrons. The average molecular weight is 267 g/mol. The van der Waals surface area contributed by atoms with Crippen LogP contribution in [-0.2, 0) is 17.8 Å². The van der Waals surface area contributed by atoms with Crippen molar-refractivity contribution < 1.29 is 4.74 Å². The van der Waals surface area contributed by atoms with Crippen LogP contribution in [0.25, 0.3) is 0 Å². The van der Waals surface area contributed by atoms with E-state index in [2.05, 4.69) is 33.3 Å². The Morgan fingerprint density at radius 1 is 1.33 bits per heavy atom. The van der Waals surface area contributed by atoms with Gasteiger partial charge in [0.05, 0.1) is 6.54 Å². The Kier molecular flexibility index (Phi) is 3.63. The third-order valence-corrected chi connectivity index (χ3v) is 4.94. The second-order valence-corrected chi connectivity index (χ2v) is 5.83. The molecule has 2 aliphatic rings. The van der Waals surface area contributed by atoms with Crippen LogP contribution in [0.3, 0.4) is 0 Å². The normalized spacial score (nSPS) is 23.8. The van der Waals surface area contributed by atoms with Gasteiger partial charge in [0.2, 0.25) is 0 Å². The fraction of sp³-hybridized carbons (Fsp3) is 0.769. The Labute approximate surface area is 114 Å². The maximum atomic E-state index is 5.49. The van der Waals surface area contributed by atoms with Crippen LogP contribution in [0.5, 0.6) is 0 Å². The van der Waals surface area contributed by atoms with Crippen molar-refractivity contribution in [3.63, 3.8) is 0 Å². The van der Waals surface area contributed by atoms with Gasteiger partial charge in [-0.1, -0.05) is 0 Å². The van der Waals surface area contributed by atoms with E-state index in [9.17, 15) is 0 Å². The second kappa shape index (κ2) is 5.23. The molecule has 1 aromatic heterocycles. The van der Waals surface area contributed by atoms with E-state index < -0.39 is 0 Å². The Morgan fingerprint density at radius 2 is 2.17 bits per heavy atom. The number of thiol groups is 1. The number of fused-ring (bicyclic) bond motifs is 1. The molecule has 0 N–H and O–H groups in total. The van der Waals surface area contributed by atoms with Gasteiger partial charge in [-0.2, -0.15) is 12.6 Å². The molecule has 3 rings (SSSR count). The molecule has 0 aliphatic carbocycles. The van der Waals surface area contributed by atoms with Gasteiger partial charge in [-0.05, 0) is 24.0 Å². The van der Waals surface area contributed by atoms with E-state index in [4.69, 9.17) is 4.74 Å². The molecule has 1 saturated heterocycles. The summed E-state index contributed by atoms with van der Waals surface area (Å²) in [4.78, 5) is 6.96. The minimum atomic E-state index is 0.343. The Hall–Kier alpha value is -0.520. The highest BCUT2D eigenvalue weighted by Crippen LogP contribution is 2.33. The molecule has 0 bridgehead atoms. The fourth-order valence-corrected chi connectivity index (χ4v) is 3.42. The number of imidazole rings is 1. The van der Waals surface area contributed by atoms with Crippen molar-refractivity contribution in [1.82, 2.24) is 14.5 Å². The number of aromatic nitrogens is 2. The summed E-state index contributed by atoms with van der Waals surface area (Å²) in [5, 5.41) is 0. The van der Waals surface area contributed by atoms with Gasteiger partial charge in [-0.15, -0.1) is 0 Å². The van der Waals surface area contributed by atoms with Crippen LogP contribution < -0.4 is 0 Å². The van der Waals surface area contributed by atoms with Crippen LogP contribution in [0, 0.1) is 5.41 Å². The van der Waals surface area contributed by atoms with Gasteiger partial charge in [0.1, 0.15) is 5.82 Å². The minimum Gasteiger partial charge on any atom is -0.381 e. The molecule has 4 nitrogen and oxygen atoms in total. The molecule has 100 valence electrons. The standard InChI is InChI=1S/C13H21N3OS/c18-11-13(1-7-17-8-2-13)10-15-5-6-16-4-3-14-12(16)9-15/h3-4,18H,1-2,5-11H2. The largest absolute Gasteiger partial charge is 0.381 e. The zero-order valence-corrected chi connectivity index (χ0v) is 11.6. The lowest BCUT2D eigenvalue weighted by atomic mass is 9.81. The first-order chi connectivity index (χ1) is 8.81. The number of rotatable bonds is 3. The summed E-state index contributed by atoms with van der Waals surface area (Å²) in [6.07, 6.45) is 6.26. The van der Waals surface area contributed by atoms with E-state index in [1.54, 1.807) is 0 Å². The van der Waals surface area contributed by atoms with Crippen LogP contribution in [0.15, 0.2) is 12.4 Å². The molecule has 0 aromatic carbocycles. The molecule has 5 heteroatoms. The molecule has 0 unspecified atom stereocenters. The van der Waals surface area contributed by atoms with Crippen LogP contribution >= 0.6 is 12.6 Å². The van der Waals surface area contributed by atoms with E-state index in [0.29, 0.717) is 5.41 Å². The van der Waals surface area contributed by atoms with Crippen LogP contribution in [0.1, 0.15) is 18.7 Å². The first kappa shape index (κ1) is 12.5. The molecule has 0 atom stereocenters. The minimum absolute atomic E-state index is 0.343. The van der Waals surface area contributed by atoms with Crippen molar-refractivity contribution in [2.45, 2.75) is 25.9 Å². The lowest BCUT2D eigenvalue weighted by Gasteiger charge is -2.41. The first-order valence-corrected chi connectivity index (χ1v) is 7.36. The zero-order valence-electron chi connectivity index (χ0n) is 10.7. The van der Waals surface area contributed by atoms with Crippen LogP contribution in [0.2, 0.25) is 0 Å². The van der Waals surface area contributed by atoms with Crippen molar-refractivity contribution in [3.05, 3.63) is 18.2 Å². The molecule has 18 heavy (non-hydrogen) atoms. The van der Waals surface area contributed by atoms with Gasteiger partial charge in [0.25, 0.3) is 0 Å². The van der Waals surface area contributed by atoms with E-state index in [-0.39, 0.29) is 0 Å². The maximum absolute atomic E-state index is 5.49. The highest BCUT2D eigenvalue weighted by molar-refractivity contribution is 7.80. The highest BCUT2D eigenvalue weighted by atomic mass is 32.1. The smallest absolute Gasteiger partial charge is 0.122 e. The molecule has 1 fully saturated rings. The molecular weight excluding hydrogens is 246 g/mol. The lowest BCUT2D eigenvalue weighted by molar-refractivity contribution is 0.00317. The Balaban J connectivity index is 1.66. The summed E-state index contributed by atoms with van der Waals surface area (Å²) in [5.74, 6) is 2.16. The molecular formula is C13H21N3OS.